The number of urea groups is 1. The molecule has 0 bridgehead atoms. The van der Waals surface area contributed by atoms with Crippen LogP contribution in [0, 0.1) is 0 Å². The lowest BCUT2D eigenvalue weighted by Crippen LogP contribution is -2.51. The molecule has 6 nitrogen and oxygen atoms in total. The predicted molar refractivity (Wildman–Crippen MR) is 54.4 cm³/mol. The van der Waals surface area contributed by atoms with Gasteiger partial charge in [-0.1, -0.05) is 6.92 Å². The first-order chi connectivity index (χ1) is 6.99. The Hall–Kier alpha value is -1.30. The average molecular weight is 215 g/mol. The Labute approximate surface area is 88.4 Å². The number of carbonyl (C=O) groups is 2. The zero-order valence-electron chi connectivity index (χ0n) is 8.82. The molecule has 0 aromatic carbocycles. The van der Waals surface area contributed by atoms with Gasteiger partial charge in [-0.3, -0.25) is 4.79 Å². The monoisotopic (exact) mass is 215 g/mol. The highest BCUT2D eigenvalue weighted by molar-refractivity contribution is 5.82. The first-order valence-electron chi connectivity index (χ1n) is 5.04. The lowest BCUT2D eigenvalue weighted by atomic mass is 10.0. The number of carboxylic acids is 1. The third kappa shape index (κ3) is 2.59. The van der Waals surface area contributed by atoms with Crippen molar-refractivity contribution < 1.29 is 14.7 Å². The molecular formula is C9H17N3O3. The van der Waals surface area contributed by atoms with Crippen molar-refractivity contribution in [3.63, 3.8) is 0 Å². The maximum Gasteiger partial charge on any atom is 0.325 e. The third-order valence-corrected chi connectivity index (χ3v) is 2.54. The van der Waals surface area contributed by atoms with Crippen LogP contribution in [0.15, 0.2) is 0 Å². The van der Waals surface area contributed by atoms with Crippen LogP contribution >= 0.6 is 0 Å². The summed E-state index contributed by atoms with van der Waals surface area (Å²) in [5.74, 6) is -1.05. The molecule has 4 N–H and O–H groups in total. The van der Waals surface area contributed by atoms with Crippen LogP contribution in [0.3, 0.4) is 0 Å². The van der Waals surface area contributed by atoms with E-state index in [1.165, 1.54) is 4.90 Å². The second kappa shape index (κ2) is 4.48. The van der Waals surface area contributed by atoms with Crippen molar-refractivity contribution in [1.82, 2.24) is 10.2 Å². The molecule has 0 aliphatic carbocycles. The van der Waals surface area contributed by atoms with Crippen LogP contribution in [-0.4, -0.2) is 47.2 Å². The van der Waals surface area contributed by atoms with Gasteiger partial charge in [0.25, 0.3) is 0 Å². The normalized spacial score (nSPS) is 25.3. The topological polar surface area (TPSA) is 95.7 Å². The minimum absolute atomic E-state index is 0.0812. The number of carbonyl (C=O) groups excluding carboxylic acids is 1. The second-order valence-corrected chi connectivity index (χ2v) is 3.86. The molecule has 1 atom stereocenters. The lowest BCUT2D eigenvalue weighted by molar-refractivity contribution is -0.142. The molecule has 1 rings (SSSR count). The van der Waals surface area contributed by atoms with Crippen molar-refractivity contribution >= 4 is 12.0 Å². The fourth-order valence-electron chi connectivity index (χ4n) is 1.52. The Bertz CT molecular complexity index is 269. The number of aliphatic carboxylic acids is 1. The van der Waals surface area contributed by atoms with Crippen molar-refractivity contribution in [2.75, 3.05) is 19.6 Å². The third-order valence-electron chi connectivity index (χ3n) is 2.54. The molecule has 1 aliphatic heterocycles. The van der Waals surface area contributed by atoms with Gasteiger partial charge in [0.1, 0.15) is 5.54 Å². The molecular weight excluding hydrogens is 198 g/mol. The van der Waals surface area contributed by atoms with E-state index in [-0.39, 0.29) is 12.6 Å². The average Bonchev–Trinajstić information content (AvgIpc) is 2.59. The molecule has 1 fully saturated rings. The van der Waals surface area contributed by atoms with E-state index in [0.29, 0.717) is 19.5 Å². The molecule has 1 aliphatic rings. The van der Waals surface area contributed by atoms with Gasteiger partial charge in [0, 0.05) is 13.1 Å². The van der Waals surface area contributed by atoms with Crippen LogP contribution in [0.1, 0.15) is 19.8 Å². The van der Waals surface area contributed by atoms with Crippen molar-refractivity contribution in [2.24, 2.45) is 5.73 Å². The first-order valence-corrected chi connectivity index (χ1v) is 5.04. The van der Waals surface area contributed by atoms with Gasteiger partial charge in [-0.25, -0.2) is 4.79 Å². The van der Waals surface area contributed by atoms with E-state index in [0.717, 1.165) is 6.42 Å². The van der Waals surface area contributed by atoms with Gasteiger partial charge < -0.3 is 21.1 Å². The smallest absolute Gasteiger partial charge is 0.325 e. The largest absolute Gasteiger partial charge is 0.480 e. The number of nitrogens with one attached hydrogen (secondary N) is 1. The van der Waals surface area contributed by atoms with E-state index in [9.17, 15) is 9.59 Å². The van der Waals surface area contributed by atoms with Crippen molar-refractivity contribution in [2.45, 2.75) is 25.3 Å². The number of hydrogen-bond acceptors (Lipinski definition) is 3. The number of amides is 2. The van der Waals surface area contributed by atoms with Crippen molar-refractivity contribution in [3.05, 3.63) is 0 Å². The fourth-order valence-corrected chi connectivity index (χ4v) is 1.52. The maximum atomic E-state index is 11.5. The summed E-state index contributed by atoms with van der Waals surface area (Å²) in [6.07, 6.45) is 1.16. The predicted octanol–water partition coefficient (Wildman–Crippen LogP) is -0.406. The van der Waals surface area contributed by atoms with Gasteiger partial charge in [-0.15, -0.1) is 0 Å². The molecule has 0 aromatic heterocycles. The summed E-state index contributed by atoms with van der Waals surface area (Å²) in [4.78, 5) is 23.8. The summed E-state index contributed by atoms with van der Waals surface area (Å²) in [6.45, 7) is 3.03. The summed E-state index contributed by atoms with van der Waals surface area (Å²) in [7, 11) is 0. The number of nitrogens with two attached hydrogens (primary N) is 1. The summed E-state index contributed by atoms with van der Waals surface area (Å²) < 4.78 is 0. The molecule has 86 valence electrons. The minimum Gasteiger partial charge on any atom is -0.480 e. The number of nitrogens with zero attached hydrogens (tertiary/aromatic N) is 1. The SMILES string of the molecule is CCCNC(=O)N1CCC(N)(C(=O)O)C1. The van der Waals surface area contributed by atoms with Gasteiger partial charge in [0.05, 0.1) is 6.54 Å². The Morgan fingerprint density at radius 1 is 1.60 bits per heavy atom. The van der Waals surface area contributed by atoms with Crippen molar-refractivity contribution in [1.29, 1.82) is 0 Å². The van der Waals surface area contributed by atoms with Gasteiger partial charge in [-0.2, -0.15) is 0 Å². The Kier molecular flexibility index (Phi) is 3.52. The molecule has 1 heterocycles. The molecule has 0 aromatic rings. The standard InChI is InChI=1S/C9H17N3O3/c1-2-4-11-8(15)12-5-3-9(10,6-12)7(13)14/h2-6,10H2,1H3,(H,11,15)(H,13,14). The molecule has 0 spiro atoms. The molecule has 1 unspecified atom stereocenters. The fraction of sp³-hybridized carbons (Fsp3) is 0.778. The van der Waals surface area contributed by atoms with E-state index in [1.54, 1.807) is 0 Å². The highest BCUT2D eigenvalue weighted by atomic mass is 16.4. The van der Waals surface area contributed by atoms with E-state index >= 15 is 0 Å². The van der Waals surface area contributed by atoms with E-state index in [4.69, 9.17) is 10.8 Å². The van der Waals surface area contributed by atoms with Crippen molar-refractivity contribution in [3.8, 4) is 0 Å². The Morgan fingerprint density at radius 3 is 2.73 bits per heavy atom. The minimum atomic E-state index is -1.27. The van der Waals surface area contributed by atoms with E-state index in [1.807, 2.05) is 6.92 Å². The number of carboxylic acid groups (broad SMARTS) is 1. The lowest BCUT2D eigenvalue weighted by Gasteiger charge is -2.20. The van der Waals surface area contributed by atoms with Crippen LogP contribution < -0.4 is 11.1 Å². The zero-order valence-corrected chi connectivity index (χ0v) is 8.82. The van der Waals surface area contributed by atoms with Crippen LogP contribution in [0.4, 0.5) is 4.79 Å². The molecule has 0 saturated carbocycles. The number of hydrogen-bond donors (Lipinski definition) is 3. The van der Waals surface area contributed by atoms with Crippen LogP contribution in [-0.2, 0) is 4.79 Å². The number of likely N-dealkylation sites (tertiary alicyclic amines) is 1. The second-order valence-electron chi connectivity index (χ2n) is 3.86. The van der Waals surface area contributed by atoms with Crippen LogP contribution in [0.25, 0.3) is 0 Å². The van der Waals surface area contributed by atoms with E-state index in [2.05, 4.69) is 5.32 Å². The number of rotatable bonds is 3. The summed E-state index contributed by atoms with van der Waals surface area (Å²) in [5, 5.41) is 11.6. The van der Waals surface area contributed by atoms with Gasteiger partial charge in [0.15, 0.2) is 0 Å². The van der Waals surface area contributed by atoms with Gasteiger partial charge in [0.2, 0.25) is 0 Å². The van der Waals surface area contributed by atoms with Gasteiger partial charge in [-0.05, 0) is 12.8 Å². The molecule has 15 heavy (non-hydrogen) atoms. The highest BCUT2D eigenvalue weighted by Crippen LogP contribution is 2.18. The first kappa shape index (κ1) is 11.8. The zero-order chi connectivity index (χ0) is 11.5. The van der Waals surface area contributed by atoms with Gasteiger partial charge >= 0.3 is 12.0 Å². The molecule has 1 saturated heterocycles. The quantitative estimate of drug-likeness (QED) is 0.596. The summed E-state index contributed by atoms with van der Waals surface area (Å²) in [5.41, 5.74) is 4.36. The van der Waals surface area contributed by atoms with E-state index < -0.39 is 11.5 Å². The maximum absolute atomic E-state index is 11.5. The summed E-state index contributed by atoms with van der Waals surface area (Å²) in [6, 6.07) is -0.231. The molecule has 2 amide bonds. The molecule has 6 heteroatoms. The summed E-state index contributed by atoms with van der Waals surface area (Å²) >= 11 is 0. The molecule has 0 radical (unpaired) electrons. The van der Waals surface area contributed by atoms with Crippen LogP contribution in [0.2, 0.25) is 0 Å². The highest BCUT2D eigenvalue weighted by Gasteiger charge is 2.42. The Balaban J connectivity index is 2.49. The Morgan fingerprint density at radius 2 is 2.27 bits per heavy atom. The van der Waals surface area contributed by atoms with Crippen LogP contribution in [0.5, 0.6) is 0 Å².